The average Bonchev–Trinajstić information content (AvgIpc) is 3.00. The highest BCUT2D eigenvalue weighted by Gasteiger charge is 2.31. The minimum Gasteiger partial charge on any atom is -0.452 e. The van der Waals surface area contributed by atoms with Crippen molar-refractivity contribution in [1.29, 1.82) is 0 Å². The highest BCUT2D eigenvalue weighted by atomic mass is 32.2. The first-order chi connectivity index (χ1) is 13.6. The summed E-state index contributed by atoms with van der Waals surface area (Å²) in [5.41, 5.74) is 2.37. The van der Waals surface area contributed by atoms with Gasteiger partial charge in [-0.15, -0.1) is 0 Å². The molecule has 0 fully saturated rings. The van der Waals surface area contributed by atoms with Gasteiger partial charge in [-0.05, 0) is 43.0 Å². The number of hydrogen-bond donors (Lipinski definition) is 1. The Hall–Kier alpha value is -2.88. The number of hydrogen-bond acceptors (Lipinski definition) is 6. The molecule has 0 aliphatic carbocycles. The van der Waals surface area contributed by atoms with E-state index >= 15 is 0 Å². The quantitative estimate of drug-likeness (QED) is 0.748. The zero-order valence-electron chi connectivity index (χ0n) is 16.9. The van der Waals surface area contributed by atoms with Crippen LogP contribution in [0.15, 0.2) is 40.3 Å². The molecule has 2 rings (SSSR count). The molecule has 1 N–H and O–H groups in total. The van der Waals surface area contributed by atoms with E-state index in [4.69, 9.17) is 0 Å². The fourth-order valence-electron chi connectivity index (χ4n) is 2.99. The summed E-state index contributed by atoms with van der Waals surface area (Å²) in [6.45, 7) is 4.31. The number of carbonyl (C=O) groups excluding carboxylic acids is 3. The van der Waals surface area contributed by atoms with Crippen molar-refractivity contribution in [2.24, 2.45) is 0 Å². The number of sulfonamides is 1. The molecule has 1 heterocycles. The summed E-state index contributed by atoms with van der Waals surface area (Å²) in [6.07, 6.45) is 0.0623. The molecule has 1 aliphatic heterocycles. The molecule has 1 aliphatic rings. The molecule has 29 heavy (non-hydrogen) atoms. The summed E-state index contributed by atoms with van der Waals surface area (Å²) in [5.74, 6) is -0.258. The van der Waals surface area contributed by atoms with Crippen molar-refractivity contribution >= 4 is 28.1 Å². The van der Waals surface area contributed by atoms with Crippen LogP contribution in [0.3, 0.4) is 0 Å². The van der Waals surface area contributed by atoms with Gasteiger partial charge in [0.1, 0.15) is 0 Å². The van der Waals surface area contributed by atoms with Crippen LogP contribution < -0.4 is 5.32 Å². The molecular weight excluding hydrogens is 398 g/mol. The molecule has 9 nitrogen and oxygen atoms in total. The molecule has 4 amide bonds. The van der Waals surface area contributed by atoms with E-state index in [1.807, 2.05) is 13.8 Å². The second kappa shape index (κ2) is 9.08. The second-order valence-electron chi connectivity index (χ2n) is 6.57. The zero-order valence-corrected chi connectivity index (χ0v) is 17.7. The number of urea groups is 1. The summed E-state index contributed by atoms with van der Waals surface area (Å²) in [6, 6.07) is 5.53. The van der Waals surface area contributed by atoms with Gasteiger partial charge in [-0.1, -0.05) is 19.1 Å². The Bertz CT molecular complexity index is 937. The van der Waals surface area contributed by atoms with Crippen LogP contribution in [0.4, 0.5) is 9.59 Å². The van der Waals surface area contributed by atoms with Crippen molar-refractivity contribution < 1.29 is 27.5 Å². The van der Waals surface area contributed by atoms with Crippen LogP contribution in [0.5, 0.6) is 0 Å². The fourth-order valence-corrected chi connectivity index (χ4v) is 4.06. The van der Waals surface area contributed by atoms with Crippen LogP contribution >= 0.6 is 0 Å². The number of benzene rings is 1. The fraction of sp³-hybridized carbons (Fsp3) is 0.421. The summed E-state index contributed by atoms with van der Waals surface area (Å²) >= 11 is 0. The van der Waals surface area contributed by atoms with E-state index in [9.17, 15) is 22.8 Å². The maximum absolute atomic E-state index is 12.3. The standard InChI is InChI=1S/C19H25N3O6S/c1-5-16-13(2)12-22(17(16)23)18(24)20-11-10-14-6-8-15(9-7-14)29(26,27)21(3)19(25)28-4/h6-9H,5,10-12H2,1-4H3,(H,20,24). The van der Waals surface area contributed by atoms with Gasteiger partial charge in [0, 0.05) is 19.2 Å². The van der Waals surface area contributed by atoms with Gasteiger partial charge in [0.25, 0.3) is 15.9 Å². The summed E-state index contributed by atoms with van der Waals surface area (Å²) in [4.78, 5) is 37.0. The van der Waals surface area contributed by atoms with Gasteiger partial charge >= 0.3 is 12.1 Å². The SMILES string of the molecule is CCC1=C(C)CN(C(=O)NCCc2ccc(S(=O)(=O)N(C)C(=O)OC)cc2)C1=O. The number of nitrogens with zero attached hydrogens (tertiary/aromatic N) is 2. The van der Waals surface area contributed by atoms with Gasteiger partial charge in [-0.25, -0.2) is 22.3 Å². The lowest BCUT2D eigenvalue weighted by Crippen LogP contribution is -2.42. The molecule has 0 bridgehead atoms. The number of carbonyl (C=O) groups is 3. The Morgan fingerprint density at radius 3 is 2.38 bits per heavy atom. The lowest BCUT2D eigenvalue weighted by molar-refractivity contribution is -0.123. The smallest absolute Gasteiger partial charge is 0.423 e. The Labute approximate surface area is 170 Å². The molecule has 1 aromatic carbocycles. The van der Waals surface area contributed by atoms with Crippen molar-refractivity contribution in [3.05, 3.63) is 41.0 Å². The number of methoxy groups -OCH3 is 1. The maximum atomic E-state index is 12.3. The van der Waals surface area contributed by atoms with Crippen molar-refractivity contribution in [3.8, 4) is 0 Å². The maximum Gasteiger partial charge on any atom is 0.423 e. The third kappa shape index (κ3) is 4.76. The Kier molecular flexibility index (Phi) is 7.02. The molecule has 0 unspecified atom stereocenters. The number of amides is 4. The molecule has 0 spiro atoms. The van der Waals surface area contributed by atoms with Crippen LogP contribution in [0, 0.1) is 0 Å². The molecule has 0 radical (unpaired) electrons. The van der Waals surface area contributed by atoms with Crippen LogP contribution in [-0.4, -0.2) is 62.9 Å². The van der Waals surface area contributed by atoms with E-state index in [0.29, 0.717) is 29.3 Å². The predicted octanol–water partition coefficient (Wildman–Crippen LogP) is 1.89. The minimum absolute atomic E-state index is 0.0468. The van der Waals surface area contributed by atoms with E-state index < -0.39 is 22.1 Å². The van der Waals surface area contributed by atoms with Crippen LogP contribution in [0.2, 0.25) is 0 Å². The number of ether oxygens (including phenoxy) is 1. The van der Waals surface area contributed by atoms with Crippen LogP contribution in [-0.2, 0) is 26.0 Å². The van der Waals surface area contributed by atoms with Gasteiger partial charge in [-0.2, -0.15) is 0 Å². The molecule has 0 saturated carbocycles. The molecule has 0 saturated heterocycles. The topological polar surface area (TPSA) is 113 Å². The van der Waals surface area contributed by atoms with Crippen LogP contribution in [0.25, 0.3) is 0 Å². The average molecular weight is 423 g/mol. The first-order valence-electron chi connectivity index (χ1n) is 9.07. The van der Waals surface area contributed by atoms with E-state index in [2.05, 4.69) is 10.1 Å². The molecule has 1 aromatic rings. The first-order valence-corrected chi connectivity index (χ1v) is 10.5. The summed E-state index contributed by atoms with van der Waals surface area (Å²) in [5, 5.41) is 2.71. The lowest BCUT2D eigenvalue weighted by atomic mass is 10.1. The molecule has 158 valence electrons. The minimum atomic E-state index is -3.99. The second-order valence-corrected chi connectivity index (χ2v) is 8.54. The monoisotopic (exact) mass is 423 g/mol. The molecular formula is C19H25N3O6S. The third-order valence-electron chi connectivity index (χ3n) is 4.72. The van der Waals surface area contributed by atoms with E-state index in [-0.39, 0.29) is 17.3 Å². The van der Waals surface area contributed by atoms with Crippen molar-refractivity contribution in [2.45, 2.75) is 31.6 Å². The van der Waals surface area contributed by atoms with E-state index in [0.717, 1.165) is 25.3 Å². The predicted molar refractivity (Wildman–Crippen MR) is 106 cm³/mol. The Morgan fingerprint density at radius 2 is 1.86 bits per heavy atom. The number of rotatable bonds is 6. The molecule has 10 heteroatoms. The summed E-state index contributed by atoms with van der Waals surface area (Å²) < 4.78 is 29.6. The van der Waals surface area contributed by atoms with Gasteiger partial charge in [0.05, 0.1) is 18.6 Å². The highest BCUT2D eigenvalue weighted by Crippen LogP contribution is 2.21. The van der Waals surface area contributed by atoms with Gasteiger partial charge < -0.3 is 10.1 Å². The summed E-state index contributed by atoms with van der Waals surface area (Å²) in [7, 11) is -1.78. The van der Waals surface area contributed by atoms with E-state index in [1.54, 1.807) is 12.1 Å². The molecule has 0 aromatic heterocycles. The normalized spacial score (nSPS) is 14.2. The largest absolute Gasteiger partial charge is 0.452 e. The van der Waals surface area contributed by atoms with Crippen molar-refractivity contribution in [2.75, 3.05) is 27.2 Å². The lowest BCUT2D eigenvalue weighted by Gasteiger charge is -2.17. The third-order valence-corrected chi connectivity index (χ3v) is 6.45. The number of imide groups is 1. The van der Waals surface area contributed by atoms with Gasteiger partial charge in [0.15, 0.2) is 0 Å². The highest BCUT2D eigenvalue weighted by molar-refractivity contribution is 7.89. The number of nitrogens with one attached hydrogen (secondary N) is 1. The van der Waals surface area contributed by atoms with Crippen molar-refractivity contribution in [1.82, 2.24) is 14.5 Å². The Morgan fingerprint density at radius 1 is 1.24 bits per heavy atom. The molecule has 0 atom stereocenters. The van der Waals surface area contributed by atoms with Gasteiger partial charge in [-0.3, -0.25) is 9.69 Å². The first kappa shape index (κ1) is 22.4. The Balaban J connectivity index is 1.92. The van der Waals surface area contributed by atoms with Crippen LogP contribution in [0.1, 0.15) is 25.8 Å². The van der Waals surface area contributed by atoms with Gasteiger partial charge in [0.2, 0.25) is 0 Å². The zero-order chi connectivity index (χ0) is 21.8. The van der Waals surface area contributed by atoms with E-state index in [1.165, 1.54) is 17.0 Å². The van der Waals surface area contributed by atoms with Crippen molar-refractivity contribution in [3.63, 3.8) is 0 Å².